The van der Waals surface area contributed by atoms with Crippen LogP contribution in [-0.4, -0.2) is 58.2 Å². The first-order valence-electron chi connectivity index (χ1n) is 8.80. The molecule has 142 valence electrons. The highest BCUT2D eigenvalue weighted by molar-refractivity contribution is 7.18. The molecule has 4 rings (SSSR count). The van der Waals surface area contributed by atoms with Gasteiger partial charge in [0, 0.05) is 25.2 Å². The highest BCUT2D eigenvalue weighted by atomic mass is 35.5. The summed E-state index contributed by atoms with van der Waals surface area (Å²) in [6, 6.07) is 0.828. The van der Waals surface area contributed by atoms with Crippen LogP contribution in [0, 0.1) is 0 Å². The van der Waals surface area contributed by atoms with E-state index >= 15 is 0 Å². The summed E-state index contributed by atoms with van der Waals surface area (Å²) in [5.41, 5.74) is 0.380. The van der Waals surface area contributed by atoms with Crippen molar-refractivity contribution in [2.45, 2.75) is 44.2 Å². The van der Waals surface area contributed by atoms with Crippen LogP contribution in [0.4, 0.5) is 14.6 Å². The van der Waals surface area contributed by atoms with Crippen LogP contribution >= 0.6 is 22.9 Å². The highest BCUT2D eigenvalue weighted by Crippen LogP contribution is 2.33. The van der Waals surface area contributed by atoms with Gasteiger partial charge in [-0.15, -0.1) is 0 Å². The summed E-state index contributed by atoms with van der Waals surface area (Å²) in [4.78, 5) is 15.1. The van der Waals surface area contributed by atoms with Crippen molar-refractivity contribution >= 4 is 39.1 Å². The van der Waals surface area contributed by atoms with Crippen LogP contribution in [0.1, 0.15) is 37.1 Å². The zero-order valence-electron chi connectivity index (χ0n) is 14.1. The Morgan fingerprint density at radius 1 is 1.12 bits per heavy atom. The van der Waals surface area contributed by atoms with Gasteiger partial charge >= 0.3 is 0 Å². The Balaban J connectivity index is 1.44. The molecule has 10 heteroatoms. The lowest BCUT2D eigenvalue weighted by Crippen LogP contribution is -2.46. The molecular formula is C16H20ClF2N5OS. The number of nitrogens with one attached hydrogen (secondary N) is 1. The Morgan fingerprint density at radius 2 is 1.85 bits per heavy atom. The fourth-order valence-electron chi connectivity index (χ4n) is 3.73. The van der Waals surface area contributed by atoms with E-state index in [0.717, 1.165) is 63.3 Å². The second kappa shape index (κ2) is 7.84. The predicted octanol–water partition coefficient (Wildman–Crippen LogP) is 3.73. The fourth-order valence-corrected chi connectivity index (χ4v) is 4.74. The van der Waals surface area contributed by atoms with E-state index in [-0.39, 0.29) is 16.3 Å². The van der Waals surface area contributed by atoms with Crippen molar-refractivity contribution in [1.82, 2.24) is 19.9 Å². The minimum Gasteiger partial charge on any atom is -0.379 e. The van der Waals surface area contributed by atoms with Gasteiger partial charge in [-0.05, 0) is 37.3 Å². The molecule has 0 bridgehead atoms. The molecule has 3 heterocycles. The van der Waals surface area contributed by atoms with Crippen LogP contribution in [0.5, 0.6) is 0 Å². The van der Waals surface area contributed by atoms with Crippen molar-refractivity contribution in [1.29, 1.82) is 0 Å². The van der Waals surface area contributed by atoms with E-state index in [1.165, 1.54) is 0 Å². The van der Waals surface area contributed by atoms with Crippen LogP contribution in [0.25, 0.3) is 10.3 Å². The van der Waals surface area contributed by atoms with E-state index in [1.54, 1.807) is 0 Å². The summed E-state index contributed by atoms with van der Waals surface area (Å²) < 4.78 is 31.3. The molecule has 0 spiro atoms. The maximum atomic E-state index is 12.9. The number of morpholine rings is 1. The van der Waals surface area contributed by atoms with Crippen molar-refractivity contribution in [3.63, 3.8) is 0 Å². The van der Waals surface area contributed by atoms with Crippen molar-refractivity contribution in [2.75, 3.05) is 31.6 Å². The number of aromatic nitrogens is 3. The highest BCUT2D eigenvalue weighted by Gasteiger charge is 2.28. The van der Waals surface area contributed by atoms with Crippen molar-refractivity contribution in [3.8, 4) is 0 Å². The molecule has 2 aliphatic rings. The summed E-state index contributed by atoms with van der Waals surface area (Å²) >= 11 is 6.83. The monoisotopic (exact) mass is 403 g/mol. The minimum atomic E-state index is -2.62. The second-order valence-corrected chi connectivity index (χ2v) is 7.99. The summed E-state index contributed by atoms with van der Waals surface area (Å²) in [6.45, 7) is 3.62. The minimum absolute atomic E-state index is 0.0477. The summed E-state index contributed by atoms with van der Waals surface area (Å²) in [7, 11) is 0. The third-order valence-corrected chi connectivity index (χ3v) is 6.16. The lowest BCUT2D eigenvalue weighted by Gasteiger charge is -2.39. The number of anilines is 1. The first kappa shape index (κ1) is 18.2. The predicted molar refractivity (Wildman–Crippen MR) is 97.2 cm³/mol. The Labute approximate surface area is 158 Å². The van der Waals surface area contributed by atoms with Crippen LogP contribution in [0.15, 0.2) is 0 Å². The Hall–Kier alpha value is -1.16. The molecule has 1 aliphatic heterocycles. The number of hydrogen-bond acceptors (Lipinski definition) is 7. The number of alkyl halides is 2. The van der Waals surface area contributed by atoms with Gasteiger partial charge in [0.05, 0.1) is 13.2 Å². The third-order valence-electron chi connectivity index (χ3n) is 5.03. The third kappa shape index (κ3) is 3.90. The quantitative estimate of drug-likeness (QED) is 0.785. The summed E-state index contributed by atoms with van der Waals surface area (Å²) in [5, 5.41) is 3.15. The molecule has 0 amide bonds. The lowest BCUT2D eigenvalue weighted by molar-refractivity contribution is 0.00791. The molecule has 0 atom stereocenters. The smallest absolute Gasteiger partial charge is 0.289 e. The van der Waals surface area contributed by atoms with E-state index < -0.39 is 6.43 Å². The van der Waals surface area contributed by atoms with Crippen molar-refractivity contribution < 1.29 is 13.5 Å². The molecule has 2 aromatic heterocycles. The average molecular weight is 404 g/mol. The molecule has 26 heavy (non-hydrogen) atoms. The number of halogens is 3. The standard InChI is InChI=1S/C16H20ClF2N5OS/c17-16-22-13(11-14(23-16)26-15(21-11)12(18)19)20-9-1-3-10(4-2-9)24-5-7-25-8-6-24/h9-10,12H,1-8H2,(H,20,22,23). The van der Waals surface area contributed by atoms with E-state index in [4.69, 9.17) is 16.3 Å². The number of nitrogens with zero attached hydrogens (tertiary/aromatic N) is 4. The number of fused-ring (bicyclic) bond motifs is 1. The normalized spacial score (nSPS) is 25.1. The topological polar surface area (TPSA) is 63.2 Å². The maximum Gasteiger partial charge on any atom is 0.289 e. The number of ether oxygens (including phenoxy) is 1. The summed E-state index contributed by atoms with van der Waals surface area (Å²) in [6.07, 6.45) is 1.57. The first-order valence-corrected chi connectivity index (χ1v) is 10.00. The lowest BCUT2D eigenvalue weighted by atomic mass is 9.90. The Bertz CT molecular complexity index is 762. The molecule has 2 aromatic rings. The second-order valence-electron chi connectivity index (χ2n) is 6.65. The molecule has 6 nitrogen and oxygen atoms in total. The molecule has 1 saturated heterocycles. The van der Waals surface area contributed by atoms with Crippen molar-refractivity contribution in [3.05, 3.63) is 10.3 Å². The zero-order valence-corrected chi connectivity index (χ0v) is 15.7. The van der Waals surface area contributed by atoms with Crippen LogP contribution in [-0.2, 0) is 4.74 Å². The van der Waals surface area contributed by atoms with Crippen LogP contribution in [0.3, 0.4) is 0 Å². The van der Waals surface area contributed by atoms with Gasteiger partial charge in [-0.1, -0.05) is 11.3 Å². The van der Waals surface area contributed by atoms with Crippen LogP contribution in [0.2, 0.25) is 5.28 Å². The van der Waals surface area contributed by atoms with E-state index in [9.17, 15) is 8.78 Å². The average Bonchev–Trinajstić information content (AvgIpc) is 3.08. The molecular weight excluding hydrogens is 384 g/mol. The van der Waals surface area contributed by atoms with Gasteiger partial charge in [0.2, 0.25) is 5.28 Å². The van der Waals surface area contributed by atoms with Gasteiger partial charge < -0.3 is 10.1 Å². The molecule has 1 saturated carbocycles. The van der Waals surface area contributed by atoms with E-state index in [1.807, 2.05) is 0 Å². The number of hydrogen-bond donors (Lipinski definition) is 1. The van der Waals surface area contributed by atoms with Gasteiger partial charge in [-0.2, -0.15) is 4.98 Å². The van der Waals surface area contributed by atoms with Gasteiger partial charge in [0.15, 0.2) is 15.7 Å². The van der Waals surface area contributed by atoms with Gasteiger partial charge in [-0.25, -0.2) is 18.7 Å². The molecule has 1 N–H and O–H groups in total. The molecule has 1 aliphatic carbocycles. The van der Waals surface area contributed by atoms with Gasteiger partial charge in [0.25, 0.3) is 6.43 Å². The fraction of sp³-hybridized carbons (Fsp3) is 0.688. The van der Waals surface area contributed by atoms with Gasteiger partial charge in [-0.3, -0.25) is 4.90 Å². The number of rotatable bonds is 4. The Kier molecular flexibility index (Phi) is 5.49. The largest absolute Gasteiger partial charge is 0.379 e. The van der Waals surface area contributed by atoms with E-state index in [0.29, 0.717) is 22.2 Å². The molecule has 2 fully saturated rings. The van der Waals surface area contributed by atoms with E-state index in [2.05, 4.69) is 25.2 Å². The molecule has 0 unspecified atom stereocenters. The Morgan fingerprint density at radius 3 is 2.54 bits per heavy atom. The SMILES string of the molecule is FC(F)c1nc2c(NC3CCC(N4CCOCC4)CC3)nc(Cl)nc2s1. The van der Waals surface area contributed by atoms with Crippen molar-refractivity contribution in [2.24, 2.45) is 0 Å². The van der Waals surface area contributed by atoms with Crippen LogP contribution < -0.4 is 5.32 Å². The van der Waals surface area contributed by atoms with Gasteiger partial charge in [0.1, 0.15) is 5.52 Å². The maximum absolute atomic E-state index is 12.9. The first-order chi connectivity index (χ1) is 12.6. The molecule has 0 aromatic carbocycles. The number of thiazole rings is 1. The molecule has 0 radical (unpaired) electrons. The zero-order chi connectivity index (χ0) is 18.1. The summed E-state index contributed by atoms with van der Waals surface area (Å²) in [5.74, 6) is 0.456.